The third-order valence-corrected chi connectivity index (χ3v) is 4.84. The third-order valence-electron chi connectivity index (χ3n) is 4.34. The highest BCUT2D eigenvalue weighted by Crippen LogP contribution is 2.47. The molecule has 0 radical (unpaired) electrons. The molecule has 126 valence electrons. The number of nitriles is 1. The molecule has 0 aromatic heterocycles. The maximum absolute atomic E-state index is 13.3. The van der Waals surface area contributed by atoms with Gasteiger partial charge in [-0.05, 0) is 51.8 Å². The number of carbonyl (C=O) groups excluding carboxylic acids is 1. The zero-order valence-electron chi connectivity index (χ0n) is 14.7. The summed E-state index contributed by atoms with van der Waals surface area (Å²) in [6, 6.07) is 8.15. The summed E-state index contributed by atoms with van der Waals surface area (Å²) in [5.74, 6) is 0.0205. The Bertz CT molecular complexity index is 749. The van der Waals surface area contributed by atoms with Crippen molar-refractivity contribution in [1.29, 1.82) is 5.26 Å². The number of carbonyl (C=O) groups is 1. The summed E-state index contributed by atoms with van der Waals surface area (Å²) in [5, 5.41) is 9.40. The monoisotopic (exact) mass is 386 g/mol. The number of hydrogen-bond donors (Lipinski definition) is 0. The van der Waals surface area contributed by atoms with E-state index in [-0.39, 0.29) is 12.3 Å². The van der Waals surface area contributed by atoms with E-state index in [2.05, 4.69) is 28.1 Å². The molecule has 0 saturated heterocycles. The van der Waals surface area contributed by atoms with Gasteiger partial charge in [0.1, 0.15) is 0 Å². The quantitative estimate of drug-likeness (QED) is 0.646. The molecule has 1 aromatic carbocycles. The van der Waals surface area contributed by atoms with Crippen LogP contribution in [0.3, 0.4) is 0 Å². The molecule has 1 aliphatic rings. The highest BCUT2D eigenvalue weighted by atomic mass is 79.9. The molecule has 2 rings (SSSR count). The summed E-state index contributed by atoms with van der Waals surface area (Å²) in [5.41, 5.74) is 3.40. The van der Waals surface area contributed by atoms with Crippen molar-refractivity contribution < 1.29 is 4.79 Å². The Labute approximate surface area is 152 Å². The predicted molar refractivity (Wildman–Crippen MR) is 102 cm³/mol. The number of amides is 1. The highest BCUT2D eigenvalue weighted by Gasteiger charge is 2.49. The van der Waals surface area contributed by atoms with Gasteiger partial charge in [0.2, 0.25) is 5.91 Å². The Morgan fingerprint density at radius 2 is 1.92 bits per heavy atom. The molecule has 1 aliphatic heterocycles. The zero-order valence-corrected chi connectivity index (χ0v) is 16.3. The van der Waals surface area contributed by atoms with Crippen LogP contribution < -0.4 is 4.90 Å². The molecule has 0 unspecified atom stereocenters. The zero-order chi connectivity index (χ0) is 17.9. The maximum Gasteiger partial charge on any atom is 0.239 e. The fraction of sp³-hybridized carbons (Fsp3) is 0.400. The van der Waals surface area contributed by atoms with Gasteiger partial charge in [-0.15, -0.1) is 0 Å². The molecule has 4 heteroatoms. The number of fused-ring (bicyclic) bond motifs is 1. The second-order valence-corrected chi connectivity index (χ2v) is 7.68. The fourth-order valence-corrected chi connectivity index (χ4v) is 3.37. The summed E-state index contributed by atoms with van der Waals surface area (Å²) in [7, 11) is 0. The van der Waals surface area contributed by atoms with Gasteiger partial charge in [-0.3, -0.25) is 4.79 Å². The van der Waals surface area contributed by atoms with Crippen LogP contribution in [0.2, 0.25) is 0 Å². The minimum atomic E-state index is -0.780. The van der Waals surface area contributed by atoms with Crippen LogP contribution in [0, 0.1) is 11.3 Å². The SMILES string of the molecule is CC(C)=CCN1C(=O)[C@@](CC#N)(CC=C(C)C)c2ccc(Br)cc21. The van der Waals surface area contributed by atoms with Crippen LogP contribution in [0.4, 0.5) is 5.69 Å². The van der Waals surface area contributed by atoms with Gasteiger partial charge in [0.15, 0.2) is 0 Å². The molecular weight excluding hydrogens is 364 g/mol. The van der Waals surface area contributed by atoms with Crippen LogP contribution >= 0.6 is 15.9 Å². The molecule has 1 amide bonds. The lowest BCUT2D eigenvalue weighted by Gasteiger charge is -2.25. The first-order chi connectivity index (χ1) is 11.3. The van der Waals surface area contributed by atoms with Crippen molar-refractivity contribution in [2.45, 2.75) is 46.0 Å². The molecule has 0 spiro atoms. The maximum atomic E-state index is 13.3. The molecule has 0 aliphatic carbocycles. The molecule has 24 heavy (non-hydrogen) atoms. The normalized spacial score (nSPS) is 18.8. The lowest BCUT2D eigenvalue weighted by molar-refractivity contribution is -0.122. The van der Waals surface area contributed by atoms with Gasteiger partial charge in [-0.25, -0.2) is 0 Å². The smallest absolute Gasteiger partial charge is 0.239 e. The van der Waals surface area contributed by atoms with Crippen LogP contribution in [0.25, 0.3) is 0 Å². The van der Waals surface area contributed by atoms with E-state index in [1.54, 1.807) is 0 Å². The average Bonchev–Trinajstić information content (AvgIpc) is 2.72. The number of hydrogen-bond acceptors (Lipinski definition) is 2. The number of allylic oxidation sites excluding steroid dienone is 3. The molecular formula is C20H23BrN2O. The summed E-state index contributed by atoms with van der Waals surface area (Å²) in [6.07, 6.45) is 4.86. The standard InChI is InChI=1S/C20H23BrN2O/c1-14(2)7-9-20(10-11-22)17-6-5-16(21)13-18(17)23(19(20)24)12-8-15(3)4/h5-8,13H,9-10,12H2,1-4H3/t20-/m1/s1. The largest absolute Gasteiger partial charge is 0.307 e. The summed E-state index contributed by atoms with van der Waals surface area (Å²) in [6.45, 7) is 8.61. The molecule has 0 N–H and O–H groups in total. The van der Waals surface area contributed by atoms with E-state index in [1.807, 2.05) is 56.9 Å². The molecule has 0 fully saturated rings. The van der Waals surface area contributed by atoms with E-state index in [0.29, 0.717) is 13.0 Å². The number of benzene rings is 1. The number of anilines is 1. The summed E-state index contributed by atoms with van der Waals surface area (Å²) < 4.78 is 0.936. The number of halogens is 1. The summed E-state index contributed by atoms with van der Waals surface area (Å²) >= 11 is 3.50. The van der Waals surface area contributed by atoms with Crippen molar-refractivity contribution in [1.82, 2.24) is 0 Å². The molecule has 1 atom stereocenters. The first kappa shape index (κ1) is 18.5. The van der Waals surface area contributed by atoms with Crippen LogP contribution in [0.1, 0.15) is 46.1 Å². The van der Waals surface area contributed by atoms with Crippen molar-refractivity contribution in [3.63, 3.8) is 0 Å². The minimum Gasteiger partial charge on any atom is -0.307 e. The van der Waals surface area contributed by atoms with Crippen LogP contribution in [-0.4, -0.2) is 12.5 Å². The molecule has 1 heterocycles. The fourth-order valence-electron chi connectivity index (χ4n) is 3.02. The number of rotatable bonds is 5. The Hall–Kier alpha value is -1.86. The van der Waals surface area contributed by atoms with Gasteiger partial charge in [0.05, 0.1) is 17.9 Å². The van der Waals surface area contributed by atoms with Crippen molar-refractivity contribution in [3.05, 3.63) is 51.5 Å². The average molecular weight is 387 g/mol. The van der Waals surface area contributed by atoms with E-state index in [4.69, 9.17) is 0 Å². The number of nitrogens with zero attached hydrogens (tertiary/aromatic N) is 2. The van der Waals surface area contributed by atoms with E-state index in [9.17, 15) is 10.1 Å². The van der Waals surface area contributed by atoms with E-state index < -0.39 is 5.41 Å². The van der Waals surface area contributed by atoms with Crippen molar-refractivity contribution in [3.8, 4) is 6.07 Å². The second kappa shape index (κ2) is 7.36. The van der Waals surface area contributed by atoms with Gasteiger partial charge in [0, 0.05) is 16.7 Å². The first-order valence-electron chi connectivity index (χ1n) is 8.07. The Morgan fingerprint density at radius 3 is 2.50 bits per heavy atom. The van der Waals surface area contributed by atoms with Gasteiger partial charge in [-0.2, -0.15) is 5.26 Å². The van der Waals surface area contributed by atoms with Gasteiger partial charge in [-0.1, -0.05) is 45.3 Å². The van der Waals surface area contributed by atoms with E-state index in [0.717, 1.165) is 21.3 Å². The van der Waals surface area contributed by atoms with Crippen molar-refractivity contribution in [2.75, 3.05) is 11.4 Å². The predicted octanol–water partition coefficient (Wildman–Crippen LogP) is 5.27. The van der Waals surface area contributed by atoms with Crippen LogP contribution in [0.5, 0.6) is 0 Å². The minimum absolute atomic E-state index is 0.0205. The lowest BCUT2D eigenvalue weighted by atomic mass is 9.76. The molecule has 1 aromatic rings. The van der Waals surface area contributed by atoms with E-state index >= 15 is 0 Å². The third kappa shape index (κ3) is 3.47. The molecule has 0 bridgehead atoms. The van der Waals surface area contributed by atoms with Crippen molar-refractivity contribution >= 4 is 27.5 Å². The van der Waals surface area contributed by atoms with Gasteiger partial charge in [0.25, 0.3) is 0 Å². The lowest BCUT2D eigenvalue weighted by Crippen LogP contribution is -2.40. The van der Waals surface area contributed by atoms with E-state index in [1.165, 1.54) is 5.57 Å². The first-order valence-corrected chi connectivity index (χ1v) is 8.87. The highest BCUT2D eigenvalue weighted by molar-refractivity contribution is 9.10. The Balaban J connectivity index is 2.60. The Kier molecular flexibility index (Phi) is 5.66. The summed E-state index contributed by atoms with van der Waals surface area (Å²) in [4.78, 5) is 15.1. The molecule has 0 saturated carbocycles. The topological polar surface area (TPSA) is 44.1 Å². The van der Waals surface area contributed by atoms with Crippen LogP contribution in [0.15, 0.2) is 46.0 Å². The molecule has 3 nitrogen and oxygen atoms in total. The van der Waals surface area contributed by atoms with Crippen molar-refractivity contribution in [2.24, 2.45) is 0 Å². The second-order valence-electron chi connectivity index (χ2n) is 6.76. The van der Waals surface area contributed by atoms with Gasteiger partial charge >= 0.3 is 0 Å². The van der Waals surface area contributed by atoms with Crippen LogP contribution in [-0.2, 0) is 10.2 Å². The Morgan fingerprint density at radius 1 is 1.25 bits per heavy atom. The van der Waals surface area contributed by atoms with Gasteiger partial charge < -0.3 is 4.90 Å².